The maximum absolute atomic E-state index is 12.6. The van der Waals surface area contributed by atoms with Gasteiger partial charge in [0, 0.05) is 19.5 Å². The van der Waals surface area contributed by atoms with Gasteiger partial charge in [0.2, 0.25) is 0 Å². The quantitative estimate of drug-likeness (QED) is 0.419. The summed E-state index contributed by atoms with van der Waals surface area (Å²) < 4.78 is 11.0. The fourth-order valence-electron chi connectivity index (χ4n) is 4.80. The van der Waals surface area contributed by atoms with Crippen LogP contribution in [0.3, 0.4) is 0 Å². The van der Waals surface area contributed by atoms with Crippen molar-refractivity contribution in [3.05, 3.63) is 0 Å². The van der Waals surface area contributed by atoms with Crippen LogP contribution in [0.1, 0.15) is 92.9 Å². The maximum atomic E-state index is 12.6. The first-order valence-corrected chi connectivity index (χ1v) is 12.3. The summed E-state index contributed by atoms with van der Waals surface area (Å²) in [6.07, 6.45) is 8.96. The monoisotopic (exact) mass is 438 g/mol. The van der Waals surface area contributed by atoms with E-state index in [2.05, 4.69) is 5.32 Å². The van der Waals surface area contributed by atoms with Crippen molar-refractivity contribution in [3.8, 4) is 0 Å². The summed E-state index contributed by atoms with van der Waals surface area (Å²) in [7, 11) is 0. The molecule has 0 aromatic rings. The number of nitrogens with zero attached hydrogens (tertiary/aromatic N) is 1. The molecule has 1 amide bonds. The largest absolute Gasteiger partial charge is 0.460 e. The van der Waals surface area contributed by atoms with Crippen molar-refractivity contribution in [2.75, 3.05) is 26.2 Å². The van der Waals surface area contributed by atoms with Gasteiger partial charge in [-0.15, -0.1) is 0 Å². The number of carbonyl (C=O) groups is 2. The Balaban J connectivity index is 1.82. The number of carbonyl (C=O) groups excluding carboxylic acids is 2. The summed E-state index contributed by atoms with van der Waals surface area (Å²) in [6, 6.07) is 0. The summed E-state index contributed by atoms with van der Waals surface area (Å²) in [6.45, 7) is 14.7. The molecule has 0 radical (unpaired) electrons. The number of rotatable bonds is 8. The molecule has 6 heteroatoms. The lowest BCUT2D eigenvalue weighted by atomic mass is 9.79. The highest BCUT2D eigenvalue weighted by atomic mass is 16.6. The smallest absolute Gasteiger partial charge is 0.410 e. The molecule has 1 aliphatic carbocycles. The Hall–Kier alpha value is -1.30. The van der Waals surface area contributed by atoms with Crippen LogP contribution in [0.2, 0.25) is 0 Å². The third kappa shape index (κ3) is 10.2. The van der Waals surface area contributed by atoms with Crippen LogP contribution in [-0.4, -0.2) is 54.3 Å². The molecule has 1 saturated heterocycles. The molecule has 1 heterocycles. The average molecular weight is 439 g/mol. The van der Waals surface area contributed by atoms with Crippen LogP contribution in [-0.2, 0) is 14.3 Å². The predicted octanol–water partition coefficient (Wildman–Crippen LogP) is 5.15. The van der Waals surface area contributed by atoms with Crippen LogP contribution < -0.4 is 5.32 Å². The standard InChI is InChI=1S/C25H46N2O4/c1-24(2,3)30-22(28)13-10-14-26-16-21-18-27(23(29)31-25(4,5)6)17-20(21)15-19-11-8-7-9-12-19/h19-21,26H,7-18H2,1-6H3. The third-order valence-electron chi connectivity index (χ3n) is 6.15. The summed E-state index contributed by atoms with van der Waals surface area (Å²) in [5.41, 5.74) is -0.889. The molecule has 1 N–H and O–H groups in total. The Labute approximate surface area is 189 Å². The number of likely N-dealkylation sites (tertiary alicyclic amines) is 1. The summed E-state index contributed by atoms with van der Waals surface area (Å²) in [5, 5.41) is 3.53. The van der Waals surface area contributed by atoms with Gasteiger partial charge in [0.05, 0.1) is 0 Å². The number of hydrogen-bond donors (Lipinski definition) is 1. The van der Waals surface area contributed by atoms with Gasteiger partial charge in [-0.2, -0.15) is 0 Å². The molecule has 0 aromatic carbocycles. The van der Waals surface area contributed by atoms with Crippen LogP contribution in [0.5, 0.6) is 0 Å². The topological polar surface area (TPSA) is 67.9 Å². The number of ether oxygens (including phenoxy) is 2. The third-order valence-corrected chi connectivity index (χ3v) is 6.15. The van der Waals surface area contributed by atoms with Crippen molar-refractivity contribution < 1.29 is 19.1 Å². The van der Waals surface area contributed by atoms with Crippen molar-refractivity contribution >= 4 is 12.1 Å². The molecule has 2 aliphatic rings. The molecule has 2 atom stereocenters. The maximum Gasteiger partial charge on any atom is 0.410 e. The van der Waals surface area contributed by atoms with Crippen LogP contribution in [0, 0.1) is 17.8 Å². The van der Waals surface area contributed by atoms with Crippen molar-refractivity contribution in [1.82, 2.24) is 10.2 Å². The normalized spacial score (nSPS) is 23.1. The zero-order valence-corrected chi connectivity index (χ0v) is 20.8. The van der Waals surface area contributed by atoms with Gasteiger partial charge in [-0.3, -0.25) is 4.79 Å². The van der Waals surface area contributed by atoms with E-state index in [4.69, 9.17) is 9.47 Å². The molecule has 1 aliphatic heterocycles. The van der Waals surface area contributed by atoms with E-state index in [1.807, 2.05) is 46.4 Å². The summed E-state index contributed by atoms with van der Waals surface area (Å²) in [4.78, 5) is 26.4. The molecule has 0 aromatic heterocycles. The first-order valence-electron chi connectivity index (χ1n) is 12.3. The second-order valence-corrected chi connectivity index (χ2v) is 11.5. The van der Waals surface area contributed by atoms with E-state index < -0.39 is 11.2 Å². The Morgan fingerprint density at radius 3 is 2.13 bits per heavy atom. The van der Waals surface area contributed by atoms with E-state index in [-0.39, 0.29) is 12.1 Å². The molecule has 31 heavy (non-hydrogen) atoms. The molecule has 0 spiro atoms. The van der Waals surface area contributed by atoms with E-state index in [9.17, 15) is 9.59 Å². The fraction of sp³-hybridized carbons (Fsp3) is 0.920. The molecule has 0 bridgehead atoms. The number of nitrogens with one attached hydrogen (secondary N) is 1. The minimum atomic E-state index is -0.464. The fourth-order valence-corrected chi connectivity index (χ4v) is 4.80. The zero-order valence-electron chi connectivity index (χ0n) is 20.8. The van der Waals surface area contributed by atoms with Crippen molar-refractivity contribution in [2.45, 2.75) is 104 Å². The predicted molar refractivity (Wildman–Crippen MR) is 124 cm³/mol. The van der Waals surface area contributed by atoms with Gasteiger partial charge in [-0.25, -0.2) is 4.79 Å². The van der Waals surface area contributed by atoms with E-state index in [1.54, 1.807) is 0 Å². The van der Waals surface area contributed by atoms with Crippen molar-refractivity contribution in [2.24, 2.45) is 17.8 Å². The van der Waals surface area contributed by atoms with E-state index in [1.165, 1.54) is 38.5 Å². The molecule has 2 fully saturated rings. The lowest BCUT2D eigenvalue weighted by Crippen LogP contribution is -2.36. The van der Waals surface area contributed by atoms with Gasteiger partial charge in [0.15, 0.2) is 0 Å². The van der Waals surface area contributed by atoms with Crippen LogP contribution >= 0.6 is 0 Å². The minimum absolute atomic E-state index is 0.138. The first kappa shape index (κ1) is 26.0. The van der Waals surface area contributed by atoms with Gasteiger partial charge >= 0.3 is 12.1 Å². The highest BCUT2D eigenvalue weighted by Gasteiger charge is 2.38. The van der Waals surface area contributed by atoms with Crippen LogP contribution in [0.15, 0.2) is 0 Å². The van der Waals surface area contributed by atoms with Crippen LogP contribution in [0.4, 0.5) is 4.79 Å². The summed E-state index contributed by atoms with van der Waals surface area (Å²) >= 11 is 0. The number of hydrogen-bond acceptors (Lipinski definition) is 5. The molecule has 2 rings (SSSR count). The van der Waals surface area contributed by atoms with Gasteiger partial charge < -0.3 is 19.7 Å². The zero-order chi connectivity index (χ0) is 23.1. The SMILES string of the molecule is CC(C)(C)OC(=O)CCCNCC1CN(C(=O)OC(C)(C)C)CC1CC1CCCCC1. The Kier molecular flexibility index (Phi) is 9.66. The molecular formula is C25H46N2O4. The van der Waals surface area contributed by atoms with E-state index >= 15 is 0 Å². The number of amides is 1. The lowest BCUT2D eigenvalue weighted by molar-refractivity contribution is -0.154. The van der Waals surface area contributed by atoms with Crippen molar-refractivity contribution in [1.29, 1.82) is 0 Å². The Morgan fingerprint density at radius 1 is 0.903 bits per heavy atom. The van der Waals surface area contributed by atoms with Crippen LogP contribution in [0.25, 0.3) is 0 Å². The van der Waals surface area contributed by atoms with Gasteiger partial charge in [0.1, 0.15) is 11.2 Å². The van der Waals surface area contributed by atoms with Gasteiger partial charge in [-0.05, 0) is 85.2 Å². The highest BCUT2D eigenvalue weighted by molar-refractivity contribution is 5.69. The highest BCUT2D eigenvalue weighted by Crippen LogP contribution is 2.35. The second kappa shape index (κ2) is 11.5. The molecule has 2 unspecified atom stereocenters. The van der Waals surface area contributed by atoms with E-state index in [0.717, 1.165) is 38.5 Å². The van der Waals surface area contributed by atoms with Gasteiger partial charge in [0.25, 0.3) is 0 Å². The Bertz CT molecular complexity index is 573. The number of esters is 1. The molecular weight excluding hydrogens is 392 g/mol. The minimum Gasteiger partial charge on any atom is -0.460 e. The second-order valence-electron chi connectivity index (χ2n) is 11.5. The summed E-state index contributed by atoms with van der Waals surface area (Å²) in [5.74, 6) is 1.62. The van der Waals surface area contributed by atoms with Crippen molar-refractivity contribution in [3.63, 3.8) is 0 Å². The molecule has 1 saturated carbocycles. The lowest BCUT2D eigenvalue weighted by Gasteiger charge is -2.27. The molecule has 6 nitrogen and oxygen atoms in total. The van der Waals surface area contributed by atoms with E-state index in [0.29, 0.717) is 18.3 Å². The Morgan fingerprint density at radius 2 is 1.52 bits per heavy atom. The molecule has 180 valence electrons. The first-order chi connectivity index (χ1) is 14.4. The van der Waals surface area contributed by atoms with Gasteiger partial charge in [-0.1, -0.05) is 32.1 Å². The average Bonchev–Trinajstić information content (AvgIpc) is 3.02.